The Hall–Kier alpha value is -1.91. The quantitative estimate of drug-likeness (QED) is 0.226. The van der Waals surface area contributed by atoms with E-state index in [2.05, 4.69) is 6.92 Å². The fourth-order valence-corrected chi connectivity index (χ4v) is 2.84. The molecule has 0 spiro atoms. The van der Waals surface area contributed by atoms with Gasteiger partial charge < -0.3 is 29.1 Å². The SMILES string of the molecule is CCCOc1cc(C)nc2c1ccc1c(OCCOC)cc(C)nc12.[CH3-].[CH3-].[Ni+2]. The summed E-state index contributed by atoms with van der Waals surface area (Å²) in [5.41, 5.74) is 3.50. The molecule has 2 heterocycles. The normalized spacial score (nSPS) is 10.0. The van der Waals surface area contributed by atoms with Gasteiger partial charge in [0.25, 0.3) is 0 Å². The van der Waals surface area contributed by atoms with Gasteiger partial charge in [-0.15, -0.1) is 0 Å². The number of hydrogen-bond acceptors (Lipinski definition) is 5. The number of pyridine rings is 2. The van der Waals surface area contributed by atoms with E-state index in [1.165, 1.54) is 0 Å². The zero-order valence-electron chi connectivity index (χ0n) is 17.6. The van der Waals surface area contributed by atoms with E-state index in [0.29, 0.717) is 19.8 Å². The van der Waals surface area contributed by atoms with Crippen LogP contribution < -0.4 is 9.47 Å². The van der Waals surface area contributed by atoms with Crippen LogP contribution in [0.5, 0.6) is 11.5 Å². The molecule has 0 saturated carbocycles. The standard InChI is InChI=1S/C20H24N2O3.2CH3.Ni/c1-5-8-24-17-11-13(2)21-19-15(17)6-7-16-18(25-10-9-23-4)12-14(3)22-20(16)19;;;/h6-7,11-12H,5,8-10H2,1-4H3;2*1H3;/q;2*-1;+2. The van der Waals surface area contributed by atoms with Crippen molar-refractivity contribution in [2.45, 2.75) is 27.2 Å². The second kappa shape index (κ2) is 11.8. The van der Waals surface area contributed by atoms with Gasteiger partial charge in [-0.05, 0) is 32.4 Å². The molecule has 0 bridgehead atoms. The zero-order valence-corrected chi connectivity index (χ0v) is 18.6. The molecule has 0 atom stereocenters. The Kier molecular flexibility index (Phi) is 11.0. The minimum atomic E-state index is 0. The summed E-state index contributed by atoms with van der Waals surface area (Å²) < 4.78 is 16.9. The molecule has 156 valence electrons. The van der Waals surface area contributed by atoms with Crippen molar-refractivity contribution in [2.24, 2.45) is 0 Å². The van der Waals surface area contributed by atoms with E-state index in [0.717, 1.165) is 51.1 Å². The van der Waals surface area contributed by atoms with E-state index in [4.69, 9.17) is 24.2 Å². The van der Waals surface area contributed by atoms with Crippen molar-refractivity contribution in [2.75, 3.05) is 26.9 Å². The number of hydrogen-bond donors (Lipinski definition) is 0. The van der Waals surface area contributed by atoms with Gasteiger partial charge in [-0.25, -0.2) is 0 Å². The number of nitrogens with zero attached hydrogens (tertiary/aromatic N) is 2. The number of methoxy groups -OCH3 is 1. The molecule has 0 aliphatic rings. The van der Waals surface area contributed by atoms with E-state index in [-0.39, 0.29) is 31.3 Å². The Morgan fingerprint density at radius 2 is 1.25 bits per heavy atom. The number of fused-ring (bicyclic) bond motifs is 3. The second-order valence-electron chi connectivity index (χ2n) is 6.07. The van der Waals surface area contributed by atoms with Crippen LogP contribution in [-0.4, -0.2) is 36.9 Å². The summed E-state index contributed by atoms with van der Waals surface area (Å²) in [4.78, 5) is 9.45. The van der Waals surface area contributed by atoms with E-state index >= 15 is 0 Å². The Bertz CT molecular complexity index is 900. The smallest absolute Gasteiger partial charge is 0.493 e. The van der Waals surface area contributed by atoms with Crippen LogP contribution in [0.25, 0.3) is 21.8 Å². The molecule has 0 fully saturated rings. The average Bonchev–Trinajstić information content (AvgIpc) is 2.59. The van der Waals surface area contributed by atoms with Gasteiger partial charge in [-0.3, -0.25) is 9.97 Å². The maximum absolute atomic E-state index is 5.92. The van der Waals surface area contributed by atoms with Crippen LogP contribution in [0.2, 0.25) is 0 Å². The molecule has 3 aromatic rings. The van der Waals surface area contributed by atoms with E-state index in [1.807, 2.05) is 38.1 Å². The van der Waals surface area contributed by atoms with E-state index in [1.54, 1.807) is 7.11 Å². The molecular weight excluding hydrogens is 399 g/mol. The van der Waals surface area contributed by atoms with Crippen molar-refractivity contribution in [3.8, 4) is 11.5 Å². The number of aromatic nitrogens is 2. The molecule has 5 nitrogen and oxygen atoms in total. The number of rotatable bonds is 7. The third-order valence-electron chi connectivity index (χ3n) is 3.95. The van der Waals surface area contributed by atoms with Crippen molar-refractivity contribution in [3.63, 3.8) is 0 Å². The number of ether oxygens (including phenoxy) is 3. The Balaban J connectivity index is 0.00000243. The van der Waals surface area contributed by atoms with Crippen molar-refractivity contribution in [1.29, 1.82) is 0 Å². The molecule has 0 aliphatic heterocycles. The van der Waals surface area contributed by atoms with Crippen molar-refractivity contribution in [3.05, 3.63) is 50.5 Å². The molecule has 0 unspecified atom stereocenters. The predicted molar refractivity (Wildman–Crippen MR) is 113 cm³/mol. The summed E-state index contributed by atoms with van der Waals surface area (Å²) in [6.45, 7) is 7.76. The number of benzene rings is 1. The second-order valence-corrected chi connectivity index (χ2v) is 6.07. The molecular formula is C22H30N2NiO3. The van der Waals surface area contributed by atoms with Crippen LogP contribution in [0.3, 0.4) is 0 Å². The molecule has 1 aromatic carbocycles. The number of aryl methyl sites for hydroxylation is 2. The maximum atomic E-state index is 5.92. The summed E-state index contributed by atoms with van der Waals surface area (Å²) in [6, 6.07) is 8.00. The van der Waals surface area contributed by atoms with Crippen molar-refractivity contribution in [1.82, 2.24) is 9.97 Å². The van der Waals surface area contributed by atoms with E-state index < -0.39 is 0 Å². The molecule has 3 rings (SSSR count). The van der Waals surface area contributed by atoms with Gasteiger partial charge in [0, 0.05) is 41.4 Å². The average molecular weight is 429 g/mol. The molecule has 0 aliphatic carbocycles. The predicted octanol–water partition coefficient (Wildman–Crippen LogP) is 5.11. The minimum Gasteiger partial charge on any atom is -0.493 e. The van der Waals surface area contributed by atoms with Crippen LogP contribution in [0.1, 0.15) is 24.7 Å². The first-order valence-electron chi connectivity index (χ1n) is 8.60. The maximum Gasteiger partial charge on any atom is 2.00 e. The van der Waals surface area contributed by atoms with Crippen molar-refractivity contribution >= 4 is 21.8 Å². The van der Waals surface area contributed by atoms with Gasteiger partial charge in [0.15, 0.2) is 0 Å². The molecule has 28 heavy (non-hydrogen) atoms. The first kappa shape index (κ1) is 26.1. The van der Waals surface area contributed by atoms with Crippen molar-refractivity contribution < 1.29 is 30.7 Å². The summed E-state index contributed by atoms with van der Waals surface area (Å²) in [5.74, 6) is 1.66. The third kappa shape index (κ3) is 5.56. The van der Waals surface area contributed by atoms with Gasteiger partial charge >= 0.3 is 16.5 Å². The van der Waals surface area contributed by atoms with Gasteiger partial charge in [0.1, 0.15) is 29.1 Å². The topological polar surface area (TPSA) is 53.5 Å². The van der Waals surface area contributed by atoms with Gasteiger partial charge in [0.05, 0.1) is 13.2 Å². The van der Waals surface area contributed by atoms with Gasteiger partial charge in [-0.1, -0.05) is 6.92 Å². The van der Waals surface area contributed by atoms with Crippen LogP contribution in [0, 0.1) is 28.7 Å². The molecule has 2 aromatic heterocycles. The summed E-state index contributed by atoms with van der Waals surface area (Å²) >= 11 is 0. The molecule has 0 N–H and O–H groups in total. The fourth-order valence-electron chi connectivity index (χ4n) is 2.84. The van der Waals surface area contributed by atoms with Crippen LogP contribution >= 0.6 is 0 Å². The van der Waals surface area contributed by atoms with Crippen LogP contribution in [0.4, 0.5) is 0 Å². The Labute approximate surface area is 178 Å². The van der Waals surface area contributed by atoms with E-state index in [9.17, 15) is 0 Å². The fraction of sp³-hybridized carbons (Fsp3) is 0.364. The summed E-state index contributed by atoms with van der Waals surface area (Å²) in [7, 11) is 1.66. The molecule has 0 radical (unpaired) electrons. The minimum absolute atomic E-state index is 0. The third-order valence-corrected chi connectivity index (χ3v) is 3.95. The molecule has 6 heteroatoms. The zero-order chi connectivity index (χ0) is 17.8. The van der Waals surface area contributed by atoms with Gasteiger partial charge in [0.2, 0.25) is 0 Å². The Morgan fingerprint density at radius 1 is 0.786 bits per heavy atom. The molecule has 0 amide bonds. The van der Waals surface area contributed by atoms with Crippen LogP contribution in [-0.2, 0) is 21.2 Å². The Morgan fingerprint density at radius 3 is 1.68 bits per heavy atom. The van der Waals surface area contributed by atoms with Gasteiger partial charge in [-0.2, -0.15) is 0 Å². The summed E-state index contributed by atoms with van der Waals surface area (Å²) in [5, 5.41) is 1.93. The largest absolute Gasteiger partial charge is 2.00 e. The summed E-state index contributed by atoms with van der Waals surface area (Å²) in [6.07, 6.45) is 0.964. The first-order valence-corrected chi connectivity index (χ1v) is 8.60. The monoisotopic (exact) mass is 428 g/mol. The first-order chi connectivity index (χ1) is 12.1. The molecule has 0 saturated heterocycles. The van der Waals surface area contributed by atoms with Crippen LogP contribution in [0.15, 0.2) is 24.3 Å².